The lowest BCUT2D eigenvalue weighted by Crippen LogP contribution is -2.06. The number of sulfone groups is 1. The third kappa shape index (κ3) is 3.42. The van der Waals surface area contributed by atoms with Crippen LogP contribution in [0.5, 0.6) is 0 Å². The molecule has 0 unspecified atom stereocenters. The summed E-state index contributed by atoms with van der Waals surface area (Å²) < 4.78 is 43.1. The van der Waals surface area contributed by atoms with E-state index in [1.807, 2.05) is 0 Å². The van der Waals surface area contributed by atoms with Gasteiger partial charge in [-0.15, -0.1) is 0 Å². The lowest BCUT2D eigenvalue weighted by Gasteiger charge is -2.07. The number of hydrogen-bond donors (Lipinski definition) is 0. The molecule has 0 N–H and O–H groups in total. The summed E-state index contributed by atoms with van der Waals surface area (Å²) in [5.74, 6) is -1.12. The molecule has 0 amide bonds. The largest absolute Gasteiger partial charge is 0.464 e. The fourth-order valence-electron chi connectivity index (χ4n) is 2.56. The van der Waals surface area contributed by atoms with Gasteiger partial charge in [0.25, 0.3) is 0 Å². The van der Waals surface area contributed by atoms with E-state index in [9.17, 15) is 17.6 Å². The van der Waals surface area contributed by atoms with Crippen LogP contribution in [-0.2, 0) is 21.1 Å². The molecule has 0 saturated carbocycles. The fraction of sp³-hybridized carbons (Fsp3) is 0.176. The second-order valence-electron chi connectivity index (χ2n) is 5.68. The number of esters is 1. The summed E-state index contributed by atoms with van der Waals surface area (Å²) in [6, 6.07) is 8.28. The third-order valence-corrected chi connectivity index (χ3v) is 5.33. The van der Waals surface area contributed by atoms with Crippen molar-refractivity contribution in [3.05, 3.63) is 58.5 Å². The van der Waals surface area contributed by atoms with Crippen LogP contribution in [0.3, 0.4) is 0 Å². The number of methoxy groups -OCH3 is 1. The lowest BCUT2D eigenvalue weighted by atomic mass is 10.2. The molecule has 0 aliphatic carbocycles. The first-order valence-corrected chi connectivity index (χ1v) is 9.70. The Morgan fingerprint density at radius 1 is 1.27 bits per heavy atom. The monoisotopic (exact) mass is 396 g/mol. The van der Waals surface area contributed by atoms with Crippen LogP contribution in [0.25, 0.3) is 10.9 Å². The number of carbonyl (C=O) groups excluding carboxylic acids is 1. The molecule has 0 aliphatic rings. The lowest BCUT2D eigenvalue weighted by molar-refractivity contribution is 0.0595. The number of halogens is 2. The molecule has 0 atom stereocenters. The smallest absolute Gasteiger partial charge is 0.359 e. The summed E-state index contributed by atoms with van der Waals surface area (Å²) in [5, 5.41) is 4.89. The number of aromatic nitrogens is 2. The van der Waals surface area contributed by atoms with Crippen LogP contribution in [0.4, 0.5) is 4.39 Å². The van der Waals surface area contributed by atoms with Gasteiger partial charge in [0, 0.05) is 16.7 Å². The Hall–Kier alpha value is -2.45. The van der Waals surface area contributed by atoms with E-state index in [4.69, 9.17) is 16.3 Å². The van der Waals surface area contributed by atoms with E-state index < -0.39 is 21.6 Å². The normalized spacial score (nSPS) is 11.7. The van der Waals surface area contributed by atoms with Crippen molar-refractivity contribution >= 4 is 38.3 Å². The standard InChI is InChI=1S/C17H14ClFN2O4S/c1-25-17(22)16-13-6-5-12(26(2,23)24)8-15(13)21(20-16)9-10-3-4-11(19)7-14(10)18/h3-8H,9H2,1-2H3. The number of carbonyl (C=O) groups is 1. The first kappa shape index (κ1) is 18.3. The van der Waals surface area contributed by atoms with Gasteiger partial charge in [-0.25, -0.2) is 17.6 Å². The summed E-state index contributed by atoms with van der Waals surface area (Å²) in [6.07, 6.45) is 1.09. The molecular formula is C17H14ClFN2O4S. The highest BCUT2D eigenvalue weighted by molar-refractivity contribution is 7.90. The van der Waals surface area contributed by atoms with E-state index in [2.05, 4.69) is 5.10 Å². The zero-order chi connectivity index (χ0) is 19.1. The van der Waals surface area contributed by atoms with Gasteiger partial charge in [-0.2, -0.15) is 5.10 Å². The van der Waals surface area contributed by atoms with Crippen LogP contribution in [-0.4, -0.2) is 37.5 Å². The molecule has 136 valence electrons. The molecule has 26 heavy (non-hydrogen) atoms. The summed E-state index contributed by atoms with van der Waals surface area (Å²) >= 11 is 6.06. The van der Waals surface area contributed by atoms with E-state index in [1.54, 1.807) is 0 Å². The van der Waals surface area contributed by atoms with Crippen LogP contribution in [0.15, 0.2) is 41.3 Å². The Kier molecular flexibility index (Phi) is 4.72. The van der Waals surface area contributed by atoms with Crippen molar-refractivity contribution in [2.75, 3.05) is 13.4 Å². The number of nitrogens with zero attached hydrogens (tertiary/aromatic N) is 2. The molecule has 2 aromatic carbocycles. The Bertz CT molecular complexity index is 1130. The predicted molar refractivity (Wildman–Crippen MR) is 94.7 cm³/mol. The van der Waals surface area contributed by atoms with Gasteiger partial charge in [-0.05, 0) is 35.9 Å². The van der Waals surface area contributed by atoms with Crippen LogP contribution in [0, 0.1) is 5.82 Å². The molecule has 3 rings (SSSR count). The quantitative estimate of drug-likeness (QED) is 0.633. The van der Waals surface area contributed by atoms with Crippen molar-refractivity contribution in [3.8, 4) is 0 Å². The Morgan fingerprint density at radius 2 is 2.00 bits per heavy atom. The maximum Gasteiger partial charge on any atom is 0.359 e. The van der Waals surface area contributed by atoms with Crippen molar-refractivity contribution in [1.82, 2.24) is 9.78 Å². The molecule has 1 aromatic heterocycles. The minimum atomic E-state index is -3.45. The van der Waals surface area contributed by atoms with Crippen LogP contribution in [0.2, 0.25) is 5.02 Å². The summed E-state index contributed by atoms with van der Waals surface area (Å²) in [4.78, 5) is 12.1. The van der Waals surface area contributed by atoms with Gasteiger partial charge >= 0.3 is 5.97 Å². The highest BCUT2D eigenvalue weighted by Crippen LogP contribution is 2.26. The summed E-state index contributed by atoms with van der Waals surface area (Å²) in [6.45, 7) is 0.125. The maximum atomic E-state index is 13.2. The Balaban J connectivity index is 2.20. The first-order valence-electron chi connectivity index (χ1n) is 7.43. The minimum Gasteiger partial charge on any atom is -0.464 e. The van der Waals surface area contributed by atoms with Crippen molar-refractivity contribution in [2.45, 2.75) is 11.4 Å². The van der Waals surface area contributed by atoms with E-state index in [0.29, 0.717) is 16.5 Å². The molecule has 6 nitrogen and oxygen atoms in total. The molecule has 9 heteroatoms. The number of hydrogen-bond acceptors (Lipinski definition) is 5. The Labute approximate surface area is 154 Å². The summed E-state index contributed by atoms with van der Waals surface area (Å²) in [5.41, 5.74) is 1.05. The fourth-order valence-corrected chi connectivity index (χ4v) is 3.43. The molecule has 0 aliphatic heterocycles. The molecule has 0 fully saturated rings. The van der Waals surface area contributed by atoms with E-state index in [0.717, 1.165) is 6.26 Å². The van der Waals surface area contributed by atoms with E-state index in [1.165, 1.54) is 48.2 Å². The van der Waals surface area contributed by atoms with Crippen molar-refractivity contribution < 1.29 is 22.3 Å². The van der Waals surface area contributed by atoms with Gasteiger partial charge in [0.2, 0.25) is 0 Å². The SMILES string of the molecule is COC(=O)c1nn(Cc2ccc(F)cc2Cl)c2cc(S(C)(=O)=O)ccc12. The average molecular weight is 397 g/mol. The van der Waals surface area contributed by atoms with E-state index in [-0.39, 0.29) is 22.2 Å². The second kappa shape index (κ2) is 6.69. The maximum absolute atomic E-state index is 13.2. The van der Waals surface area contributed by atoms with Crippen LogP contribution >= 0.6 is 11.6 Å². The number of rotatable bonds is 4. The predicted octanol–water partition coefficient (Wildman–Crippen LogP) is 3.07. The minimum absolute atomic E-state index is 0.0563. The molecule has 0 spiro atoms. The van der Waals surface area contributed by atoms with Crippen molar-refractivity contribution in [1.29, 1.82) is 0 Å². The molecule has 0 saturated heterocycles. The van der Waals surface area contributed by atoms with E-state index >= 15 is 0 Å². The Morgan fingerprint density at radius 3 is 2.62 bits per heavy atom. The zero-order valence-electron chi connectivity index (χ0n) is 13.9. The second-order valence-corrected chi connectivity index (χ2v) is 8.11. The van der Waals surface area contributed by atoms with Crippen LogP contribution in [0.1, 0.15) is 16.1 Å². The van der Waals surface area contributed by atoms with Crippen molar-refractivity contribution in [2.24, 2.45) is 0 Å². The zero-order valence-corrected chi connectivity index (χ0v) is 15.4. The van der Waals surface area contributed by atoms with Gasteiger partial charge in [-0.1, -0.05) is 17.7 Å². The number of benzene rings is 2. The summed E-state index contributed by atoms with van der Waals surface area (Å²) in [7, 11) is -2.22. The topological polar surface area (TPSA) is 78.3 Å². The average Bonchev–Trinajstić information content (AvgIpc) is 2.94. The number of fused-ring (bicyclic) bond motifs is 1. The molecule has 0 bridgehead atoms. The van der Waals surface area contributed by atoms with Gasteiger partial charge in [0.1, 0.15) is 5.82 Å². The molecular weight excluding hydrogens is 383 g/mol. The molecule has 0 radical (unpaired) electrons. The van der Waals surface area contributed by atoms with Gasteiger partial charge < -0.3 is 4.74 Å². The van der Waals surface area contributed by atoms with Gasteiger partial charge in [-0.3, -0.25) is 4.68 Å². The van der Waals surface area contributed by atoms with Gasteiger partial charge in [0.05, 0.1) is 24.1 Å². The first-order chi connectivity index (χ1) is 12.2. The molecule has 1 heterocycles. The molecule has 3 aromatic rings. The number of ether oxygens (including phenoxy) is 1. The highest BCUT2D eigenvalue weighted by atomic mass is 35.5. The highest BCUT2D eigenvalue weighted by Gasteiger charge is 2.20. The third-order valence-electron chi connectivity index (χ3n) is 3.87. The van der Waals surface area contributed by atoms with Crippen LogP contribution < -0.4 is 0 Å². The van der Waals surface area contributed by atoms with Crippen molar-refractivity contribution in [3.63, 3.8) is 0 Å². The van der Waals surface area contributed by atoms with Gasteiger partial charge in [0.15, 0.2) is 15.5 Å².